The second-order valence-corrected chi connectivity index (χ2v) is 21.3. The number of hydrogen-bond acceptors (Lipinski definition) is 1. The molecule has 0 radical (unpaired) electrons. The molecule has 16 aromatic rings. The summed E-state index contributed by atoms with van der Waals surface area (Å²) in [5.41, 5.74) is 23.1. The number of anilines is 3. The third-order valence-corrected chi connectivity index (χ3v) is 16.6. The molecule has 3 heterocycles. The van der Waals surface area contributed by atoms with E-state index in [2.05, 4.69) is 334 Å². The van der Waals surface area contributed by atoms with Gasteiger partial charge in [0.1, 0.15) is 0 Å². The van der Waals surface area contributed by atoms with Gasteiger partial charge >= 0.3 is 0 Å². The number of fused-ring (bicyclic) bond motifs is 10. The van der Waals surface area contributed by atoms with Crippen molar-refractivity contribution >= 4 is 82.5 Å². The number of benzene rings is 13. The second-order valence-electron chi connectivity index (χ2n) is 21.3. The summed E-state index contributed by atoms with van der Waals surface area (Å²) in [4.78, 5) is 2.37. The molecule has 3 aromatic heterocycles. The highest BCUT2D eigenvalue weighted by atomic mass is 15.1. The third-order valence-electron chi connectivity index (χ3n) is 16.6. The van der Waals surface area contributed by atoms with Crippen LogP contribution in [0.4, 0.5) is 17.1 Å². The number of rotatable bonds is 10. The lowest BCUT2D eigenvalue weighted by Crippen LogP contribution is -2.09. The van der Waals surface area contributed by atoms with Gasteiger partial charge in [-0.25, -0.2) is 0 Å². The molecule has 82 heavy (non-hydrogen) atoms. The average molecular weight is 1050 g/mol. The molecule has 0 amide bonds. The molecule has 4 nitrogen and oxygen atoms in total. The van der Waals surface area contributed by atoms with E-state index in [-0.39, 0.29) is 0 Å². The van der Waals surface area contributed by atoms with Gasteiger partial charge in [-0.05, 0) is 148 Å². The van der Waals surface area contributed by atoms with Crippen molar-refractivity contribution in [3.05, 3.63) is 315 Å². The van der Waals surface area contributed by atoms with Crippen LogP contribution in [-0.4, -0.2) is 13.7 Å². The Morgan fingerprint density at radius 2 is 0.476 bits per heavy atom. The first-order valence-corrected chi connectivity index (χ1v) is 28.2. The van der Waals surface area contributed by atoms with Crippen molar-refractivity contribution < 1.29 is 0 Å². The van der Waals surface area contributed by atoms with Crippen LogP contribution in [0.15, 0.2) is 315 Å². The predicted molar refractivity (Wildman–Crippen MR) is 346 cm³/mol. The maximum absolute atomic E-state index is 2.48. The van der Waals surface area contributed by atoms with Crippen molar-refractivity contribution in [2.75, 3.05) is 4.90 Å². The smallest absolute Gasteiger partial charge is 0.0788 e. The molecule has 0 unspecified atom stereocenters. The van der Waals surface area contributed by atoms with Crippen LogP contribution in [0.5, 0.6) is 0 Å². The minimum absolute atomic E-state index is 1.07. The maximum Gasteiger partial charge on any atom is 0.0788 e. The summed E-state index contributed by atoms with van der Waals surface area (Å²) in [5, 5.41) is 7.45. The molecule has 384 valence electrons. The second kappa shape index (κ2) is 19.5. The van der Waals surface area contributed by atoms with Crippen LogP contribution in [-0.2, 0) is 0 Å². The summed E-state index contributed by atoms with van der Waals surface area (Å²) < 4.78 is 7.32. The van der Waals surface area contributed by atoms with Gasteiger partial charge in [0.25, 0.3) is 0 Å². The summed E-state index contributed by atoms with van der Waals surface area (Å²) in [6, 6.07) is 115. The van der Waals surface area contributed by atoms with E-state index in [0.717, 1.165) is 56.4 Å². The lowest BCUT2D eigenvalue weighted by molar-refractivity contribution is 1.15. The zero-order valence-electron chi connectivity index (χ0n) is 44.8. The van der Waals surface area contributed by atoms with E-state index in [4.69, 9.17) is 0 Å². The molecule has 4 heteroatoms. The van der Waals surface area contributed by atoms with Crippen LogP contribution in [0.3, 0.4) is 0 Å². The molecule has 0 fully saturated rings. The van der Waals surface area contributed by atoms with Crippen LogP contribution >= 0.6 is 0 Å². The van der Waals surface area contributed by atoms with Gasteiger partial charge in [0, 0.05) is 66.4 Å². The van der Waals surface area contributed by atoms with Crippen LogP contribution in [0.25, 0.3) is 127 Å². The van der Waals surface area contributed by atoms with E-state index in [1.54, 1.807) is 0 Å². The Morgan fingerprint density at radius 3 is 0.915 bits per heavy atom. The molecule has 0 aliphatic rings. The topological polar surface area (TPSA) is 18.0 Å². The molecular weight excluding hydrogens is 993 g/mol. The van der Waals surface area contributed by atoms with Crippen LogP contribution < -0.4 is 4.90 Å². The highest BCUT2D eigenvalue weighted by molar-refractivity contribution is 6.24. The van der Waals surface area contributed by atoms with Crippen molar-refractivity contribution in [2.45, 2.75) is 0 Å². The summed E-state index contributed by atoms with van der Waals surface area (Å²) in [7, 11) is 0. The first-order chi connectivity index (χ1) is 40.7. The zero-order chi connectivity index (χ0) is 54.1. The Morgan fingerprint density at radius 1 is 0.183 bits per heavy atom. The van der Waals surface area contributed by atoms with Crippen molar-refractivity contribution in [1.29, 1.82) is 0 Å². The van der Waals surface area contributed by atoms with Crippen molar-refractivity contribution in [3.63, 3.8) is 0 Å². The van der Waals surface area contributed by atoms with E-state index < -0.39 is 0 Å². The van der Waals surface area contributed by atoms with Gasteiger partial charge in [0.2, 0.25) is 0 Å². The molecule has 0 atom stereocenters. The summed E-state index contributed by atoms with van der Waals surface area (Å²) in [6.45, 7) is 0. The molecule has 0 aliphatic carbocycles. The number of nitrogens with zero attached hydrogens (tertiary/aromatic N) is 4. The Balaban J connectivity index is 0.788. The minimum Gasteiger partial charge on any atom is -0.311 e. The normalized spacial score (nSPS) is 11.7. The van der Waals surface area contributed by atoms with Crippen LogP contribution in [0.1, 0.15) is 0 Å². The molecular formula is C78H52N4. The average Bonchev–Trinajstić information content (AvgIpc) is 3.98. The van der Waals surface area contributed by atoms with Crippen molar-refractivity contribution in [3.8, 4) is 61.6 Å². The Bertz CT molecular complexity index is 5010. The van der Waals surface area contributed by atoms with E-state index in [1.165, 1.54) is 87.7 Å². The fourth-order valence-electron chi connectivity index (χ4n) is 12.8. The molecule has 13 aromatic carbocycles. The largest absolute Gasteiger partial charge is 0.311 e. The highest BCUT2D eigenvalue weighted by Gasteiger charge is 2.22. The van der Waals surface area contributed by atoms with Gasteiger partial charge in [0.15, 0.2) is 0 Å². The van der Waals surface area contributed by atoms with Crippen molar-refractivity contribution in [2.24, 2.45) is 0 Å². The molecule has 0 aliphatic heterocycles. The molecule has 0 N–H and O–H groups in total. The lowest BCUT2D eigenvalue weighted by Gasteiger charge is -2.26. The Hall–Kier alpha value is -10.9. The fourth-order valence-corrected chi connectivity index (χ4v) is 12.8. The number of aromatic nitrogens is 3. The van der Waals surface area contributed by atoms with Crippen molar-refractivity contribution in [1.82, 2.24) is 13.7 Å². The highest BCUT2D eigenvalue weighted by Crippen LogP contribution is 2.44. The molecule has 16 rings (SSSR count). The molecule has 0 saturated heterocycles. The number of hydrogen-bond donors (Lipinski definition) is 0. The van der Waals surface area contributed by atoms with Gasteiger partial charge in [-0.2, -0.15) is 0 Å². The SMILES string of the molecule is c1ccc(-c2cccc(-c3ccc(N(c4ccc(-c5cccc(-n6c7ccccc7c7ccccc76)c5)cc4)c4ccc(-c5cccc(-n6c7ccccc7c7ccc8c9ccccc9n(-c9ccccc9)c8c76)c5)cc4)cc3)c2)cc1. The fraction of sp³-hybridized carbons (Fsp3) is 0. The number of para-hydroxylation sites is 5. The molecule has 0 bridgehead atoms. The third kappa shape index (κ3) is 7.84. The Kier molecular flexibility index (Phi) is 11.2. The van der Waals surface area contributed by atoms with Gasteiger partial charge in [-0.3, -0.25) is 0 Å². The molecule has 0 spiro atoms. The van der Waals surface area contributed by atoms with Gasteiger partial charge in [-0.1, -0.05) is 212 Å². The van der Waals surface area contributed by atoms with E-state index >= 15 is 0 Å². The monoisotopic (exact) mass is 1040 g/mol. The predicted octanol–water partition coefficient (Wildman–Crippen LogP) is 21.1. The lowest BCUT2D eigenvalue weighted by atomic mass is 9.98. The molecule has 0 saturated carbocycles. The van der Waals surface area contributed by atoms with Crippen LogP contribution in [0, 0.1) is 0 Å². The van der Waals surface area contributed by atoms with E-state index in [0.29, 0.717) is 0 Å². The maximum atomic E-state index is 2.48. The van der Waals surface area contributed by atoms with Gasteiger partial charge in [0.05, 0.1) is 33.1 Å². The zero-order valence-corrected chi connectivity index (χ0v) is 44.8. The quantitative estimate of drug-likeness (QED) is 0.133. The van der Waals surface area contributed by atoms with E-state index in [9.17, 15) is 0 Å². The van der Waals surface area contributed by atoms with Gasteiger partial charge in [-0.15, -0.1) is 0 Å². The minimum atomic E-state index is 1.07. The summed E-state index contributed by atoms with van der Waals surface area (Å²) in [6.07, 6.45) is 0. The first kappa shape index (κ1) is 47.1. The van der Waals surface area contributed by atoms with E-state index in [1.807, 2.05) is 0 Å². The standard InChI is InChI=1S/C78H52N4/c1-3-18-53(19-4-1)57-20-15-21-58(50-57)54-36-42-62(43-37-54)79(63-44-38-55(39-45-63)59-22-16-26-65(51-59)80-73-32-11-7-28-67(73)68-29-8-12-33-74(68)80)64-46-40-56(41-47-64)60-23-17-27-66(52-60)82-76-35-14-10-31-70(76)72-49-48-71-69-30-9-13-34-75(69)81(77(71)78(72)82)61-24-5-2-6-25-61/h1-52H. The summed E-state index contributed by atoms with van der Waals surface area (Å²) >= 11 is 0. The summed E-state index contributed by atoms with van der Waals surface area (Å²) in [5.74, 6) is 0. The Labute approximate surface area is 475 Å². The van der Waals surface area contributed by atoms with Crippen LogP contribution in [0.2, 0.25) is 0 Å². The first-order valence-electron chi connectivity index (χ1n) is 28.2. The van der Waals surface area contributed by atoms with Gasteiger partial charge < -0.3 is 18.6 Å².